The Morgan fingerprint density at radius 3 is 2.83 bits per heavy atom. The molecule has 0 saturated carbocycles. The molecule has 0 saturated heterocycles. The fraction of sp³-hybridized carbons (Fsp3) is 0.308. The van der Waals surface area contributed by atoms with Crippen molar-refractivity contribution in [3.63, 3.8) is 0 Å². The molecule has 0 aliphatic carbocycles. The lowest BCUT2D eigenvalue weighted by atomic mass is 10.2. The van der Waals surface area contributed by atoms with Crippen LogP contribution < -0.4 is 4.74 Å². The summed E-state index contributed by atoms with van der Waals surface area (Å²) in [5, 5.41) is 0.458. The van der Waals surface area contributed by atoms with E-state index >= 15 is 0 Å². The third-order valence-electron chi connectivity index (χ3n) is 2.45. The molecule has 0 spiro atoms. The second-order valence-electron chi connectivity index (χ2n) is 3.83. The van der Waals surface area contributed by atoms with E-state index in [-0.39, 0.29) is 0 Å². The smallest absolute Gasteiger partial charge is 0.213 e. The van der Waals surface area contributed by atoms with Crippen LogP contribution in [-0.2, 0) is 6.42 Å². The molecular formula is C13H14ClN3O. The van der Waals surface area contributed by atoms with E-state index < -0.39 is 0 Å². The van der Waals surface area contributed by atoms with Gasteiger partial charge >= 0.3 is 0 Å². The van der Waals surface area contributed by atoms with Crippen molar-refractivity contribution >= 4 is 11.6 Å². The fourth-order valence-electron chi connectivity index (χ4n) is 1.63. The molecule has 0 radical (unpaired) electrons. The standard InChI is InChI=1S/C13H14ClN3O/c1-3-4-12-16-10(8-11(14)17-12)9-5-6-15-13(7-9)18-2/h5-8H,3-4H2,1-2H3. The van der Waals surface area contributed by atoms with E-state index in [1.165, 1.54) is 0 Å². The average Bonchev–Trinajstić information content (AvgIpc) is 2.38. The topological polar surface area (TPSA) is 47.9 Å². The highest BCUT2D eigenvalue weighted by Crippen LogP contribution is 2.22. The molecule has 0 aliphatic heterocycles. The Morgan fingerprint density at radius 1 is 1.28 bits per heavy atom. The minimum atomic E-state index is 0.458. The zero-order chi connectivity index (χ0) is 13.0. The number of aryl methyl sites for hydroxylation is 1. The number of halogens is 1. The van der Waals surface area contributed by atoms with E-state index in [0.29, 0.717) is 11.0 Å². The number of aromatic nitrogens is 3. The van der Waals surface area contributed by atoms with Gasteiger partial charge < -0.3 is 4.74 Å². The molecule has 0 unspecified atom stereocenters. The van der Waals surface area contributed by atoms with Crippen LogP contribution in [0.25, 0.3) is 11.3 Å². The average molecular weight is 264 g/mol. The Kier molecular flexibility index (Phi) is 4.10. The van der Waals surface area contributed by atoms with Gasteiger partial charge in [0.25, 0.3) is 0 Å². The van der Waals surface area contributed by atoms with Gasteiger partial charge in [-0.3, -0.25) is 0 Å². The maximum absolute atomic E-state index is 6.01. The highest BCUT2D eigenvalue weighted by molar-refractivity contribution is 6.29. The molecule has 0 fully saturated rings. The Balaban J connectivity index is 2.42. The van der Waals surface area contributed by atoms with Crippen LogP contribution >= 0.6 is 11.6 Å². The van der Waals surface area contributed by atoms with Crippen molar-refractivity contribution < 1.29 is 4.74 Å². The summed E-state index contributed by atoms with van der Waals surface area (Å²) >= 11 is 6.01. The first kappa shape index (κ1) is 12.8. The zero-order valence-corrected chi connectivity index (χ0v) is 11.1. The normalized spacial score (nSPS) is 10.4. The Hall–Kier alpha value is -1.68. The van der Waals surface area contributed by atoms with Crippen LogP contribution in [0.2, 0.25) is 5.15 Å². The van der Waals surface area contributed by atoms with Crippen LogP contribution in [0.4, 0.5) is 0 Å². The summed E-state index contributed by atoms with van der Waals surface area (Å²) in [4.78, 5) is 12.8. The van der Waals surface area contributed by atoms with Gasteiger partial charge in [0.15, 0.2) is 0 Å². The molecule has 5 heteroatoms. The first-order chi connectivity index (χ1) is 8.72. The molecule has 2 aromatic rings. The minimum absolute atomic E-state index is 0.458. The van der Waals surface area contributed by atoms with Crippen LogP contribution in [0, 0.1) is 0 Å². The second-order valence-corrected chi connectivity index (χ2v) is 4.22. The molecular weight excluding hydrogens is 250 g/mol. The summed E-state index contributed by atoms with van der Waals surface area (Å²) in [7, 11) is 1.58. The van der Waals surface area contributed by atoms with Crippen molar-refractivity contribution in [3.05, 3.63) is 35.4 Å². The van der Waals surface area contributed by atoms with Gasteiger partial charge in [-0.05, 0) is 12.5 Å². The highest BCUT2D eigenvalue weighted by Gasteiger charge is 2.06. The largest absolute Gasteiger partial charge is 0.481 e. The maximum Gasteiger partial charge on any atom is 0.213 e. The lowest BCUT2D eigenvalue weighted by Gasteiger charge is -2.05. The molecule has 0 bridgehead atoms. The van der Waals surface area contributed by atoms with Gasteiger partial charge in [0.05, 0.1) is 12.8 Å². The summed E-state index contributed by atoms with van der Waals surface area (Å²) in [5.74, 6) is 1.31. The molecule has 0 atom stereocenters. The number of ether oxygens (including phenoxy) is 1. The molecule has 18 heavy (non-hydrogen) atoms. The quantitative estimate of drug-likeness (QED) is 0.795. The molecule has 2 aromatic heterocycles. The van der Waals surface area contributed by atoms with Crippen LogP contribution in [0.5, 0.6) is 5.88 Å². The summed E-state index contributed by atoms with van der Waals surface area (Å²) in [6.45, 7) is 2.08. The fourth-order valence-corrected chi connectivity index (χ4v) is 1.83. The molecule has 0 aliphatic rings. The lowest BCUT2D eigenvalue weighted by molar-refractivity contribution is 0.398. The van der Waals surface area contributed by atoms with Gasteiger partial charge in [0, 0.05) is 30.3 Å². The van der Waals surface area contributed by atoms with Gasteiger partial charge in [-0.15, -0.1) is 0 Å². The highest BCUT2D eigenvalue weighted by atomic mass is 35.5. The van der Waals surface area contributed by atoms with Crippen molar-refractivity contribution in [2.24, 2.45) is 0 Å². The summed E-state index contributed by atoms with van der Waals surface area (Å²) in [6.07, 6.45) is 3.49. The van der Waals surface area contributed by atoms with Gasteiger partial charge in [0.2, 0.25) is 5.88 Å². The van der Waals surface area contributed by atoms with Crippen LogP contribution in [0.1, 0.15) is 19.2 Å². The maximum atomic E-state index is 6.01. The third-order valence-corrected chi connectivity index (χ3v) is 2.65. The molecule has 0 N–H and O–H groups in total. The number of methoxy groups -OCH3 is 1. The number of rotatable bonds is 4. The van der Waals surface area contributed by atoms with Crippen molar-refractivity contribution in [2.75, 3.05) is 7.11 Å². The monoisotopic (exact) mass is 263 g/mol. The van der Waals surface area contributed by atoms with Crippen LogP contribution in [-0.4, -0.2) is 22.1 Å². The first-order valence-electron chi connectivity index (χ1n) is 5.76. The lowest BCUT2D eigenvalue weighted by Crippen LogP contribution is -1.97. The molecule has 0 amide bonds. The third kappa shape index (κ3) is 2.96. The van der Waals surface area contributed by atoms with Gasteiger partial charge in [0.1, 0.15) is 11.0 Å². The number of nitrogens with zero attached hydrogens (tertiary/aromatic N) is 3. The predicted octanol–water partition coefficient (Wildman–Crippen LogP) is 3.15. The van der Waals surface area contributed by atoms with Crippen LogP contribution in [0.15, 0.2) is 24.4 Å². The summed E-state index contributed by atoms with van der Waals surface area (Å²) in [6, 6.07) is 5.45. The molecule has 94 valence electrons. The molecule has 4 nitrogen and oxygen atoms in total. The summed E-state index contributed by atoms with van der Waals surface area (Å²) < 4.78 is 5.10. The second kappa shape index (κ2) is 5.78. The molecule has 2 heterocycles. The van der Waals surface area contributed by atoms with Gasteiger partial charge in [-0.2, -0.15) is 0 Å². The Morgan fingerprint density at radius 2 is 2.11 bits per heavy atom. The molecule has 2 rings (SSSR count). The van der Waals surface area contributed by atoms with Crippen molar-refractivity contribution in [1.82, 2.24) is 15.0 Å². The summed E-state index contributed by atoms with van der Waals surface area (Å²) in [5.41, 5.74) is 1.71. The SMILES string of the molecule is CCCc1nc(Cl)cc(-c2ccnc(OC)c2)n1. The number of hydrogen-bond acceptors (Lipinski definition) is 4. The molecule has 0 aromatic carbocycles. The van der Waals surface area contributed by atoms with Gasteiger partial charge in [-0.1, -0.05) is 18.5 Å². The van der Waals surface area contributed by atoms with Crippen LogP contribution in [0.3, 0.4) is 0 Å². The van der Waals surface area contributed by atoms with Crippen molar-refractivity contribution in [3.8, 4) is 17.1 Å². The van der Waals surface area contributed by atoms with E-state index in [1.54, 1.807) is 19.4 Å². The Labute approximate surface area is 111 Å². The minimum Gasteiger partial charge on any atom is -0.481 e. The zero-order valence-electron chi connectivity index (χ0n) is 10.4. The van der Waals surface area contributed by atoms with E-state index in [2.05, 4.69) is 21.9 Å². The predicted molar refractivity (Wildman–Crippen MR) is 70.8 cm³/mol. The Bertz CT molecular complexity index is 546. The number of pyridine rings is 1. The van der Waals surface area contributed by atoms with E-state index in [0.717, 1.165) is 29.9 Å². The first-order valence-corrected chi connectivity index (χ1v) is 6.14. The van der Waals surface area contributed by atoms with Crippen molar-refractivity contribution in [1.29, 1.82) is 0 Å². The van der Waals surface area contributed by atoms with E-state index in [9.17, 15) is 0 Å². The van der Waals surface area contributed by atoms with Crippen molar-refractivity contribution in [2.45, 2.75) is 19.8 Å². The number of hydrogen-bond donors (Lipinski definition) is 0. The van der Waals surface area contributed by atoms with E-state index in [4.69, 9.17) is 16.3 Å². The van der Waals surface area contributed by atoms with Gasteiger partial charge in [-0.25, -0.2) is 15.0 Å². The van der Waals surface area contributed by atoms with E-state index in [1.807, 2.05) is 12.1 Å².